The fourth-order valence-corrected chi connectivity index (χ4v) is 2.95. The Bertz CT molecular complexity index is 1100. The lowest BCUT2D eigenvalue weighted by molar-refractivity contribution is -0.137. The Morgan fingerprint density at radius 1 is 0.909 bits per heavy atom. The van der Waals surface area contributed by atoms with Gasteiger partial charge < -0.3 is 24.8 Å². The Balaban J connectivity index is 1.79. The second-order valence-corrected chi connectivity index (χ2v) is 6.82. The van der Waals surface area contributed by atoms with Crippen molar-refractivity contribution in [1.82, 2.24) is 0 Å². The van der Waals surface area contributed by atoms with Gasteiger partial charge in [0.05, 0.1) is 37.2 Å². The maximum absolute atomic E-state index is 13.3. The molecule has 0 spiro atoms. The molecule has 0 unspecified atom stereocenters. The SMILES string of the molecule is CCOc1ccccc1NC(=O)CNc1cc(C(F)(F)F)ccc1Oc1cccc(OC)c1. The number of amides is 1. The van der Waals surface area contributed by atoms with E-state index in [9.17, 15) is 18.0 Å². The van der Waals surface area contributed by atoms with Gasteiger partial charge in [-0.05, 0) is 49.4 Å². The largest absolute Gasteiger partial charge is 0.497 e. The lowest BCUT2D eigenvalue weighted by Crippen LogP contribution is -2.22. The summed E-state index contributed by atoms with van der Waals surface area (Å²) in [7, 11) is 1.49. The molecule has 2 N–H and O–H groups in total. The predicted octanol–water partition coefficient (Wildman–Crippen LogP) is 5.96. The lowest BCUT2D eigenvalue weighted by Gasteiger charge is -2.16. The first-order chi connectivity index (χ1) is 15.8. The van der Waals surface area contributed by atoms with Crippen molar-refractivity contribution in [2.45, 2.75) is 13.1 Å². The second-order valence-electron chi connectivity index (χ2n) is 6.82. The van der Waals surface area contributed by atoms with E-state index in [-0.39, 0.29) is 18.0 Å². The fourth-order valence-electron chi connectivity index (χ4n) is 2.95. The number of nitrogens with one attached hydrogen (secondary N) is 2. The van der Waals surface area contributed by atoms with Crippen LogP contribution in [0.2, 0.25) is 0 Å². The highest BCUT2D eigenvalue weighted by molar-refractivity contribution is 5.95. The molecule has 0 aliphatic rings. The molecule has 0 saturated heterocycles. The number of ether oxygens (including phenoxy) is 3. The first-order valence-electron chi connectivity index (χ1n) is 10.1. The summed E-state index contributed by atoms with van der Waals surface area (Å²) in [5, 5.41) is 5.43. The van der Waals surface area contributed by atoms with E-state index in [2.05, 4.69) is 10.6 Å². The van der Waals surface area contributed by atoms with Crippen molar-refractivity contribution in [3.63, 3.8) is 0 Å². The summed E-state index contributed by atoms with van der Waals surface area (Å²) < 4.78 is 56.1. The Kier molecular flexibility index (Phi) is 7.66. The molecule has 0 aromatic heterocycles. The van der Waals surface area contributed by atoms with Gasteiger partial charge in [0.2, 0.25) is 5.91 Å². The molecule has 0 radical (unpaired) electrons. The zero-order valence-electron chi connectivity index (χ0n) is 18.0. The third-order valence-corrected chi connectivity index (χ3v) is 4.48. The summed E-state index contributed by atoms with van der Waals surface area (Å²) in [5.74, 6) is 1.05. The van der Waals surface area contributed by atoms with Crippen molar-refractivity contribution < 1.29 is 32.2 Å². The van der Waals surface area contributed by atoms with Crippen molar-refractivity contribution in [2.24, 2.45) is 0 Å². The number of hydrogen-bond acceptors (Lipinski definition) is 5. The van der Waals surface area contributed by atoms with Crippen molar-refractivity contribution in [3.8, 4) is 23.0 Å². The number of anilines is 2. The number of para-hydroxylation sites is 2. The lowest BCUT2D eigenvalue weighted by atomic mass is 10.1. The number of hydrogen-bond donors (Lipinski definition) is 2. The molecule has 0 saturated carbocycles. The smallest absolute Gasteiger partial charge is 0.416 e. The number of halogens is 3. The van der Waals surface area contributed by atoms with Crippen LogP contribution in [0.25, 0.3) is 0 Å². The molecule has 0 aliphatic carbocycles. The molecule has 9 heteroatoms. The van der Waals surface area contributed by atoms with E-state index >= 15 is 0 Å². The van der Waals surface area contributed by atoms with Gasteiger partial charge in [-0.1, -0.05) is 18.2 Å². The maximum atomic E-state index is 13.3. The van der Waals surface area contributed by atoms with E-state index in [1.807, 2.05) is 6.92 Å². The average molecular weight is 460 g/mol. The van der Waals surface area contributed by atoms with Gasteiger partial charge in [-0.2, -0.15) is 13.2 Å². The van der Waals surface area contributed by atoms with Crippen molar-refractivity contribution in [1.29, 1.82) is 0 Å². The molecule has 3 aromatic rings. The summed E-state index contributed by atoms with van der Waals surface area (Å²) >= 11 is 0. The van der Waals surface area contributed by atoms with Gasteiger partial charge >= 0.3 is 6.18 Å². The highest BCUT2D eigenvalue weighted by atomic mass is 19.4. The number of rotatable bonds is 9. The van der Waals surface area contributed by atoms with E-state index in [0.717, 1.165) is 12.1 Å². The van der Waals surface area contributed by atoms with Gasteiger partial charge in [-0.15, -0.1) is 0 Å². The first-order valence-corrected chi connectivity index (χ1v) is 10.1. The van der Waals surface area contributed by atoms with Crippen LogP contribution in [0.1, 0.15) is 12.5 Å². The molecule has 0 aliphatic heterocycles. The molecule has 1 amide bonds. The normalized spacial score (nSPS) is 10.9. The molecule has 0 bridgehead atoms. The Morgan fingerprint density at radius 3 is 2.39 bits per heavy atom. The van der Waals surface area contributed by atoms with Gasteiger partial charge in [0.15, 0.2) is 5.75 Å². The molecule has 0 atom stereocenters. The predicted molar refractivity (Wildman–Crippen MR) is 119 cm³/mol. The van der Waals surface area contributed by atoms with Gasteiger partial charge in [0.25, 0.3) is 0 Å². The summed E-state index contributed by atoms with van der Waals surface area (Å²) in [4.78, 5) is 12.5. The molecule has 6 nitrogen and oxygen atoms in total. The summed E-state index contributed by atoms with van der Waals surface area (Å²) in [6.45, 7) is 1.94. The van der Waals surface area contributed by atoms with Gasteiger partial charge in [0.1, 0.15) is 17.2 Å². The van der Waals surface area contributed by atoms with Crippen LogP contribution in [0.15, 0.2) is 66.7 Å². The molecular weight excluding hydrogens is 437 g/mol. The average Bonchev–Trinajstić information content (AvgIpc) is 2.79. The minimum Gasteiger partial charge on any atom is -0.497 e. The highest BCUT2D eigenvalue weighted by Gasteiger charge is 2.31. The first kappa shape index (κ1) is 23.8. The number of benzene rings is 3. The van der Waals surface area contributed by atoms with Crippen LogP contribution >= 0.6 is 0 Å². The number of methoxy groups -OCH3 is 1. The maximum Gasteiger partial charge on any atom is 0.416 e. The summed E-state index contributed by atoms with van der Waals surface area (Å²) in [6.07, 6.45) is -4.55. The molecular formula is C24H23F3N2O4. The molecule has 0 fully saturated rings. The van der Waals surface area contributed by atoms with Gasteiger partial charge in [-0.25, -0.2) is 0 Å². The van der Waals surface area contributed by atoms with Crippen molar-refractivity contribution in [2.75, 3.05) is 30.9 Å². The fraction of sp³-hybridized carbons (Fsp3) is 0.208. The molecule has 33 heavy (non-hydrogen) atoms. The van der Waals surface area contributed by atoms with E-state index in [0.29, 0.717) is 29.5 Å². The van der Waals surface area contributed by atoms with Crippen LogP contribution in [-0.4, -0.2) is 26.2 Å². The standard InChI is InChI=1S/C24H23F3N2O4/c1-3-32-21-10-5-4-9-19(21)29-23(30)15-28-20-13-16(24(25,26)27)11-12-22(20)33-18-8-6-7-17(14-18)31-2/h4-14,28H,3,15H2,1-2H3,(H,29,30). The molecule has 3 rings (SSSR count). The minimum absolute atomic E-state index is 0.0147. The van der Waals surface area contributed by atoms with Crippen LogP contribution in [-0.2, 0) is 11.0 Å². The molecule has 0 heterocycles. The minimum atomic E-state index is -4.55. The zero-order valence-corrected chi connectivity index (χ0v) is 18.0. The summed E-state index contributed by atoms with van der Waals surface area (Å²) in [6, 6.07) is 16.5. The molecule has 174 valence electrons. The second kappa shape index (κ2) is 10.6. The van der Waals surface area contributed by atoms with Crippen molar-refractivity contribution >= 4 is 17.3 Å². The van der Waals surface area contributed by atoms with E-state index in [1.54, 1.807) is 48.5 Å². The van der Waals surface area contributed by atoms with Crippen LogP contribution in [0.4, 0.5) is 24.5 Å². The van der Waals surface area contributed by atoms with Crippen LogP contribution in [0.3, 0.4) is 0 Å². The van der Waals surface area contributed by atoms with Gasteiger partial charge in [0, 0.05) is 6.07 Å². The number of carbonyl (C=O) groups is 1. The van der Waals surface area contributed by atoms with E-state index < -0.39 is 17.6 Å². The number of carbonyl (C=O) groups excluding carboxylic acids is 1. The summed E-state index contributed by atoms with van der Waals surface area (Å²) in [5.41, 5.74) is -0.394. The highest BCUT2D eigenvalue weighted by Crippen LogP contribution is 2.37. The van der Waals surface area contributed by atoms with E-state index in [4.69, 9.17) is 14.2 Å². The Hall–Kier alpha value is -3.88. The topological polar surface area (TPSA) is 68.8 Å². The van der Waals surface area contributed by atoms with Crippen molar-refractivity contribution in [3.05, 3.63) is 72.3 Å². The van der Waals surface area contributed by atoms with Crippen LogP contribution in [0, 0.1) is 0 Å². The number of alkyl halides is 3. The quantitative estimate of drug-likeness (QED) is 0.413. The van der Waals surface area contributed by atoms with Gasteiger partial charge in [-0.3, -0.25) is 4.79 Å². The third-order valence-electron chi connectivity index (χ3n) is 4.48. The van der Waals surface area contributed by atoms with Crippen LogP contribution < -0.4 is 24.8 Å². The molecule has 3 aromatic carbocycles. The monoisotopic (exact) mass is 460 g/mol. The zero-order chi connectivity index (χ0) is 23.8. The Labute approximate surface area is 189 Å². The van der Waals surface area contributed by atoms with Crippen LogP contribution in [0.5, 0.6) is 23.0 Å². The van der Waals surface area contributed by atoms with E-state index in [1.165, 1.54) is 13.2 Å². The Morgan fingerprint density at radius 2 is 1.67 bits per heavy atom. The third kappa shape index (κ3) is 6.55.